The minimum atomic E-state index is 0.862. The van der Waals surface area contributed by atoms with Gasteiger partial charge in [-0.05, 0) is 12.3 Å². The van der Waals surface area contributed by atoms with Crippen LogP contribution in [0, 0.1) is 0 Å². The molecular weight excluding hydrogens is 178 g/mol. The standard InChI is InChI=1S/C5H9NS.3C2H6/c1-3-6-5-7-4-2;3*1-2/h4-5H,2-3H2,1H3;3*1-2H3. The van der Waals surface area contributed by atoms with E-state index in [1.165, 1.54) is 11.8 Å². The lowest BCUT2D eigenvalue weighted by Gasteiger charge is -1.75. The van der Waals surface area contributed by atoms with Gasteiger partial charge in [0.05, 0.1) is 5.55 Å². The van der Waals surface area contributed by atoms with Crippen LogP contribution < -0.4 is 0 Å². The van der Waals surface area contributed by atoms with Gasteiger partial charge in [-0.1, -0.05) is 59.9 Å². The molecule has 0 aliphatic heterocycles. The summed E-state index contributed by atoms with van der Waals surface area (Å²) in [6.45, 7) is 18.4. The maximum Gasteiger partial charge on any atom is 0.0582 e. The van der Waals surface area contributed by atoms with Gasteiger partial charge in [-0.15, -0.1) is 0 Å². The number of aliphatic imine (C=N–C) groups is 1. The maximum absolute atomic E-state index is 3.93. The van der Waals surface area contributed by atoms with E-state index in [2.05, 4.69) is 11.6 Å². The second-order valence-electron chi connectivity index (χ2n) is 0.907. The summed E-state index contributed by atoms with van der Waals surface area (Å²) in [4.78, 5) is 3.93. The monoisotopic (exact) mass is 205 g/mol. The summed E-state index contributed by atoms with van der Waals surface area (Å²) >= 11 is 1.50. The highest BCUT2D eigenvalue weighted by atomic mass is 32.2. The summed E-state index contributed by atoms with van der Waals surface area (Å²) in [7, 11) is 0. The first kappa shape index (κ1) is 23.0. The van der Waals surface area contributed by atoms with Crippen molar-refractivity contribution in [3.05, 3.63) is 12.0 Å². The van der Waals surface area contributed by atoms with Crippen LogP contribution in [0.5, 0.6) is 0 Å². The van der Waals surface area contributed by atoms with Gasteiger partial charge in [-0.2, -0.15) is 0 Å². The fourth-order valence-electron chi connectivity index (χ4n) is 0.161. The van der Waals surface area contributed by atoms with Crippen molar-refractivity contribution in [3.63, 3.8) is 0 Å². The summed E-state index contributed by atoms with van der Waals surface area (Å²) in [5.74, 6) is 0. The Morgan fingerprint density at radius 2 is 1.46 bits per heavy atom. The summed E-state index contributed by atoms with van der Waals surface area (Å²) in [6.07, 6.45) is 0. The molecule has 0 aliphatic carbocycles. The van der Waals surface area contributed by atoms with Crippen LogP contribution in [0.1, 0.15) is 48.5 Å². The lowest BCUT2D eigenvalue weighted by molar-refractivity contribution is 1.15. The van der Waals surface area contributed by atoms with E-state index < -0.39 is 0 Å². The minimum Gasteiger partial charge on any atom is -0.286 e. The molecule has 0 bridgehead atoms. The number of rotatable bonds is 3. The maximum atomic E-state index is 3.93. The second-order valence-corrected chi connectivity index (χ2v) is 1.72. The first-order valence-electron chi connectivity index (χ1n) is 5.16. The van der Waals surface area contributed by atoms with E-state index in [4.69, 9.17) is 0 Å². The fraction of sp³-hybridized carbons (Fsp3) is 0.727. The third kappa shape index (κ3) is 79.2. The van der Waals surface area contributed by atoms with Crippen LogP contribution in [0.3, 0.4) is 0 Å². The van der Waals surface area contributed by atoms with Crippen molar-refractivity contribution in [1.82, 2.24) is 0 Å². The Labute approximate surface area is 89.7 Å². The SMILES string of the molecule is C=CSC=NCC.CC.CC.CC. The van der Waals surface area contributed by atoms with Crippen LogP contribution in [0.25, 0.3) is 0 Å². The van der Waals surface area contributed by atoms with Crippen molar-refractivity contribution >= 4 is 17.3 Å². The Kier molecular flexibility index (Phi) is 106. The topological polar surface area (TPSA) is 12.4 Å². The first-order chi connectivity index (χ1) is 6.41. The molecule has 13 heavy (non-hydrogen) atoms. The predicted octanol–water partition coefficient (Wildman–Crippen LogP) is 4.99. The third-order valence-corrected chi connectivity index (χ3v) is 0.877. The first-order valence-corrected chi connectivity index (χ1v) is 6.10. The normalized spacial score (nSPS) is 6.69. The van der Waals surface area contributed by atoms with E-state index in [1.54, 1.807) is 11.0 Å². The molecule has 0 aromatic rings. The van der Waals surface area contributed by atoms with Gasteiger partial charge in [-0.25, -0.2) is 0 Å². The molecule has 0 atom stereocenters. The number of hydrogen-bond acceptors (Lipinski definition) is 2. The van der Waals surface area contributed by atoms with Gasteiger partial charge in [0, 0.05) is 6.54 Å². The third-order valence-electron chi connectivity index (χ3n) is 0.414. The van der Waals surface area contributed by atoms with Crippen molar-refractivity contribution in [1.29, 1.82) is 0 Å². The van der Waals surface area contributed by atoms with E-state index in [1.807, 2.05) is 48.5 Å². The lowest BCUT2D eigenvalue weighted by atomic mass is 10.8. The van der Waals surface area contributed by atoms with Crippen LogP contribution >= 0.6 is 11.8 Å². The van der Waals surface area contributed by atoms with E-state index in [0.717, 1.165) is 6.54 Å². The fourth-order valence-corrected chi connectivity index (χ4v) is 0.482. The quantitative estimate of drug-likeness (QED) is 0.467. The molecule has 0 amide bonds. The van der Waals surface area contributed by atoms with Crippen molar-refractivity contribution in [3.8, 4) is 0 Å². The zero-order valence-corrected chi connectivity index (χ0v) is 11.2. The number of thioether (sulfide) groups is 1. The molecule has 0 fully saturated rings. The zero-order valence-electron chi connectivity index (χ0n) is 10.4. The minimum absolute atomic E-state index is 0.862. The molecule has 0 aromatic heterocycles. The Morgan fingerprint density at radius 1 is 1.08 bits per heavy atom. The molecule has 0 rings (SSSR count). The van der Waals surface area contributed by atoms with Gasteiger partial charge in [0.25, 0.3) is 0 Å². The van der Waals surface area contributed by atoms with Crippen LogP contribution in [0.4, 0.5) is 0 Å². The molecule has 82 valence electrons. The molecule has 0 saturated carbocycles. The molecule has 2 heteroatoms. The summed E-state index contributed by atoms with van der Waals surface area (Å²) in [5.41, 5.74) is 1.78. The molecule has 0 heterocycles. The van der Waals surface area contributed by atoms with Gasteiger partial charge in [0.1, 0.15) is 0 Å². The Balaban J connectivity index is -0.0000000573. The Hall–Kier alpha value is -0.240. The molecular formula is C11H27NS. The van der Waals surface area contributed by atoms with E-state index in [0.29, 0.717) is 0 Å². The van der Waals surface area contributed by atoms with E-state index in [-0.39, 0.29) is 0 Å². The molecule has 0 aromatic carbocycles. The van der Waals surface area contributed by atoms with Gasteiger partial charge in [0.15, 0.2) is 0 Å². The van der Waals surface area contributed by atoms with Gasteiger partial charge in [-0.3, -0.25) is 4.99 Å². The Bertz CT molecular complexity index is 70.5. The van der Waals surface area contributed by atoms with Crippen LogP contribution in [0.15, 0.2) is 17.0 Å². The summed E-state index contributed by atoms with van der Waals surface area (Å²) in [6, 6.07) is 0. The smallest absolute Gasteiger partial charge is 0.0582 e. The average Bonchev–Trinajstić information content (AvgIpc) is 2.27. The van der Waals surface area contributed by atoms with Crippen LogP contribution in [0.2, 0.25) is 0 Å². The highest BCUT2D eigenvalue weighted by molar-refractivity contribution is 8.14. The highest BCUT2D eigenvalue weighted by Crippen LogP contribution is 1.91. The molecule has 1 nitrogen and oxygen atoms in total. The lowest BCUT2D eigenvalue weighted by Crippen LogP contribution is -1.64. The molecule has 0 radical (unpaired) electrons. The molecule has 0 aliphatic rings. The van der Waals surface area contributed by atoms with Gasteiger partial charge >= 0.3 is 0 Å². The summed E-state index contributed by atoms with van der Waals surface area (Å²) in [5, 5.41) is 1.75. The van der Waals surface area contributed by atoms with Crippen molar-refractivity contribution in [2.45, 2.75) is 48.5 Å². The van der Waals surface area contributed by atoms with Gasteiger partial charge in [0.2, 0.25) is 0 Å². The van der Waals surface area contributed by atoms with E-state index in [9.17, 15) is 0 Å². The van der Waals surface area contributed by atoms with E-state index >= 15 is 0 Å². The highest BCUT2D eigenvalue weighted by Gasteiger charge is 1.63. The largest absolute Gasteiger partial charge is 0.286 e. The molecule has 0 spiro atoms. The van der Waals surface area contributed by atoms with Crippen LogP contribution in [-0.4, -0.2) is 12.1 Å². The molecule has 0 saturated heterocycles. The van der Waals surface area contributed by atoms with Crippen molar-refractivity contribution < 1.29 is 0 Å². The van der Waals surface area contributed by atoms with Gasteiger partial charge < -0.3 is 0 Å². The van der Waals surface area contributed by atoms with Crippen molar-refractivity contribution in [2.75, 3.05) is 6.54 Å². The molecule has 0 unspecified atom stereocenters. The van der Waals surface area contributed by atoms with Crippen molar-refractivity contribution in [2.24, 2.45) is 4.99 Å². The zero-order chi connectivity index (χ0) is 11.5. The summed E-state index contributed by atoms with van der Waals surface area (Å²) < 4.78 is 0. The number of hydrogen-bond donors (Lipinski definition) is 0. The Morgan fingerprint density at radius 3 is 1.69 bits per heavy atom. The van der Waals surface area contributed by atoms with Crippen LogP contribution in [-0.2, 0) is 0 Å². The second kappa shape index (κ2) is 60.1. The number of nitrogens with zero attached hydrogens (tertiary/aromatic N) is 1. The average molecular weight is 205 g/mol. The molecule has 0 N–H and O–H groups in total. The predicted molar refractivity (Wildman–Crippen MR) is 70.9 cm³/mol.